The molecule has 0 aromatic heterocycles. The molecule has 0 aliphatic carbocycles. The van der Waals surface area contributed by atoms with E-state index in [-0.39, 0.29) is 18.9 Å². The van der Waals surface area contributed by atoms with Gasteiger partial charge in [0.05, 0.1) is 6.04 Å². The lowest BCUT2D eigenvalue weighted by atomic mass is 9.96. The first-order valence-corrected chi connectivity index (χ1v) is 6.17. The molecule has 0 spiro atoms. The zero-order valence-electron chi connectivity index (χ0n) is 11.1. The molecule has 1 aliphatic rings. The summed E-state index contributed by atoms with van der Waals surface area (Å²) in [4.78, 5) is 22.7. The standard InChI is InChI=1S/C13H13F3N2O3/c1-17-11(19)8-3-2-4-10-9(8)5-7(6-21-10)18-12(20)13(14,15)16/h2-4,7H,5-6H2,1H3,(H,17,19)(H,18,20)/t7-/m0/s1. The molecule has 1 heterocycles. The summed E-state index contributed by atoms with van der Waals surface area (Å²) in [6.45, 7) is -0.0774. The van der Waals surface area contributed by atoms with Crippen molar-refractivity contribution < 1.29 is 27.5 Å². The molecule has 1 atom stereocenters. The minimum atomic E-state index is -4.94. The second-order valence-electron chi connectivity index (χ2n) is 4.54. The van der Waals surface area contributed by atoms with Crippen molar-refractivity contribution in [2.24, 2.45) is 0 Å². The Kier molecular flexibility index (Phi) is 4.06. The first kappa shape index (κ1) is 15.1. The Balaban J connectivity index is 2.19. The molecule has 5 nitrogen and oxygen atoms in total. The maximum atomic E-state index is 12.2. The summed E-state index contributed by atoms with van der Waals surface area (Å²) >= 11 is 0. The Hall–Kier alpha value is -2.25. The molecule has 0 saturated heterocycles. The number of alkyl halides is 3. The summed E-state index contributed by atoms with van der Waals surface area (Å²) in [6.07, 6.45) is -4.85. The third kappa shape index (κ3) is 3.26. The van der Waals surface area contributed by atoms with Crippen molar-refractivity contribution in [1.29, 1.82) is 0 Å². The molecule has 0 radical (unpaired) electrons. The molecule has 114 valence electrons. The Labute approximate surface area is 118 Å². The van der Waals surface area contributed by atoms with Gasteiger partial charge in [-0.25, -0.2) is 0 Å². The minimum Gasteiger partial charge on any atom is -0.491 e. The highest BCUT2D eigenvalue weighted by Gasteiger charge is 2.40. The Morgan fingerprint density at radius 2 is 2.05 bits per heavy atom. The van der Waals surface area contributed by atoms with Crippen LogP contribution in [0.25, 0.3) is 0 Å². The third-order valence-electron chi connectivity index (χ3n) is 3.09. The molecule has 1 aromatic carbocycles. The SMILES string of the molecule is CNC(=O)c1cccc2c1C[C@H](NC(=O)C(F)(F)F)CO2. The smallest absolute Gasteiger partial charge is 0.471 e. The van der Waals surface area contributed by atoms with Crippen molar-refractivity contribution in [2.45, 2.75) is 18.6 Å². The van der Waals surface area contributed by atoms with E-state index in [1.54, 1.807) is 18.2 Å². The number of carbonyl (C=O) groups excluding carboxylic acids is 2. The van der Waals surface area contributed by atoms with Gasteiger partial charge >= 0.3 is 12.1 Å². The highest BCUT2D eigenvalue weighted by atomic mass is 19.4. The molecular formula is C13H13F3N2O3. The average molecular weight is 302 g/mol. The third-order valence-corrected chi connectivity index (χ3v) is 3.09. The number of ether oxygens (including phenoxy) is 1. The number of amides is 2. The Morgan fingerprint density at radius 3 is 2.67 bits per heavy atom. The lowest BCUT2D eigenvalue weighted by Crippen LogP contribution is -2.48. The lowest BCUT2D eigenvalue weighted by molar-refractivity contribution is -0.174. The fraction of sp³-hybridized carbons (Fsp3) is 0.385. The highest BCUT2D eigenvalue weighted by Crippen LogP contribution is 2.28. The zero-order chi connectivity index (χ0) is 15.6. The van der Waals surface area contributed by atoms with Gasteiger partial charge in [0.1, 0.15) is 12.4 Å². The minimum absolute atomic E-state index is 0.0774. The van der Waals surface area contributed by atoms with E-state index in [2.05, 4.69) is 5.32 Å². The number of halogens is 3. The van der Waals surface area contributed by atoms with Gasteiger partial charge in [-0.1, -0.05) is 6.07 Å². The molecule has 1 aromatic rings. The van der Waals surface area contributed by atoms with Gasteiger partial charge in [0.25, 0.3) is 5.91 Å². The molecule has 0 saturated carbocycles. The molecule has 8 heteroatoms. The maximum Gasteiger partial charge on any atom is 0.471 e. The Bertz CT molecular complexity index is 572. The predicted octanol–water partition coefficient (Wildman–Crippen LogP) is 1.03. The van der Waals surface area contributed by atoms with Crippen molar-refractivity contribution in [3.8, 4) is 5.75 Å². The molecule has 21 heavy (non-hydrogen) atoms. The van der Waals surface area contributed by atoms with Gasteiger partial charge in [-0.15, -0.1) is 0 Å². The number of benzene rings is 1. The van der Waals surface area contributed by atoms with E-state index in [1.165, 1.54) is 7.05 Å². The summed E-state index contributed by atoms with van der Waals surface area (Å²) < 4.78 is 42.1. The number of fused-ring (bicyclic) bond motifs is 1. The molecule has 2 rings (SSSR count). The molecule has 1 aliphatic heterocycles. The van der Waals surface area contributed by atoms with E-state index >= 15 is 0 Å². The van der Waals surface area contributed by atoms with Gasteiger partial charge < -0.3 is 15.4 Å². The molecule has 0 unspecified atom stereocenters. The van der Waals surface area contributed by atoms with Crippen LogP contribution < -0.4 is 15.4 Å². The highest BCUT2D eigenvalue weighted by molar-refractivity contribution is 5.96. The average Bonchev–Trinajstić information content (AvgIpc) is 2.44. The summed E-state index contributed by atoms with van der Waals surface area (Å²) in [7, 11) is 1.45. The normalized spacial score (nSPS) is 17.4. The van der Waals surface area contributed by atoms with Crippen molar-refractivity contribution in [3.63, 3.8) is 0 Å². The van der Waals surface area contributed by atoms with Crippen LogP contribution in [0.3, 0.4) is 0 Å². The number of hydrogen-bond donors (Lipinski definition) is 2. The van der Waals surface area contributed by atoms with Crippen LogP contribution in [-0.4, -0.2) is 37.7 Å². The predicted molar refractivity (Wildman–Crippen MR) is 67.0 cm³/mol. The number of rotatable bonds is 2. The van der Waals surface area contributed by atoms with Gasteiger partial charge in [0.2, 0.25) is 0 Å². The van der Waals surface area contributed by atoms with Gasteiger partial charge in [-0.3, -0.25) is 9.59 Å². The maximum absolute atomic E-state index is 12.2. The first-order valence-electron chi connectivity index (χ1n) is 6.17. The molecular weight excluding hydrogens is 289 g/mol. The number of hydrogen-bond acceptors (Lipinski definition) is 3. The second kappa shape index (κ2) is 5.63. The van der Waals surface area contributed by atoms with Crippen LogP contribution in [0.2, 0.25) is 0 Å². The van der Waals surface area contributed by atoms with Gasteiger partial charge in [-0.05, 0) is 12.1 Å². The number of carbonyl (C=O) groups is 2. The fourth-order valence-corrected chi connectivity index (χ4v) is 2.11. The topological polar surface area (TPSA) is 67.4 Å². The van der Waals surface area contributed by atoms with Crippen LogP contribution in [0.1, 0.15) is 15.9 Å². The van der Waals surface area contributed by atoms with E-state index in [0.29, 0.717) is 16.9 Å². The van der Waals surface area contributed by atoms with E-state index in [9.17, 15) is 22.8 Å². The van der Waals surface area contributed by atoms with E-state index < -0.39 is 18.1 Å². The number of nitrogens with one attached hydrogen (secondary N) is 2. The largest absolute Gasteiger partial charge is 0.491 e. The second-order valence-corrected chi connectivity index (χ2v) is 4.54. The summed E-state index contributed by atoms with van der Waals surface area (Å²) in [6, 6.07) is 3.97. The Morgan fingerprint density at radius 1 is 1.33 bits per heavy atom. The molecule has 0 fully saturated rings. The lowest BCUT2D eigenvalue weighted by Gasteiger charge is -2.27. The van der Waals surface area contributed by atoms with E-state index in [1.807, 2.05) is 5.32 Å². The fourth-order valence-electron chi connectivity index (χ4n) is 2.11. The van der Waals surface area contributed by atoms with Gasteiger partial charge in [0, 0.05) is 24.6 Å². The van der Waals surface area contributed by atoms with Crippen LogP contribution in [-0.2, 0) is 11.2 Å². The quantitative estimate of drug-likeness (QED) is 0.857. The van der Waals surface area contributed by atoms with Crippen molar-refractivity contribution >= 4 is 11.8 Å². The van der Waals surface area contributed by atoms with Crippen molar-refractivity contribution in [2.75, 3.05) is 13.7 Å². The van der Waals surface area contributed by atoms with Crippen LogP contribution >= 0.6 is 0 Å². The molecule has 0 bridgehead atoms. The van der Waals surface area contributed by atoms with Crippen molar-refractivity contribution in [1.82, 2.24) is 10.6 Å². The summed E-state index contributed by atoms with van der Waals surface area (Å²) in [5.74, 6) is -1.94. The first-order chi connectivity index (χ1) is 9.82. The van der Waals surface area contributed by atoms with Crippen LogP contribution in [0.5, 0.6) is 5.75 Å². The summed E-state index contributed by atoms with van der Waals surface area (Å²) in [5, 5.41) is 4.31. The zero-order valence-corrected chi connectivity index (χ0v) is 11.1. The van der Waals surface area contributed by atoms with E-state index in [0.717, 1.165) is 0 Å². The van der Waals surface area contributed by atoms with Crippen LogP contribution in [0, 0.1) is 0 Å². The van der Waals surface area contributed by atoms with E-state index in [4.69, 9.17) is 4.74 Å². The summed E-state index contributed by atoms with van der Waals surface area (Å²) in [5.41, 5.74) is 0.802. The molecule has 2 amide bonds. The van der Waals surface area contributed by atoms with Gasteiger partial charge in [0.15, 0.2) is 0 Å². The monoisotopic (exact) mass is 302 g/mol. The van der Waals surface area contributed by atoms with Gasteiger partial charge in [-0.2, -0.15) is 13.2 Å². The van der Waals surface area contributed by atoms with Crippen LogP contribution in [0.15, 0.2) is 18.2 Å². The van der Waals surface area contributed by atoms with Crippen LogP contribution in [0.4, 0.5) is 13.2 Å². The molecule has 2 N–H and O–H groups in total. The van der Waals surface area contributed by atoms with Crippen molar-refractivity contribution in [3.05, 3.63) is 29.3 Å².